The number of carboxylic acid groups (broad SMARTS) is 1. The summed E-state index contributed by atoms with van der Waals surface area (Å²) < 4.78 is 1.80. The largest absolute Gasteiger partial charge is 0.477 e. The normalized spacial score (nSPS) is 11.2. The lowest BCUT2D eigenvalue weighted by Gasteiger charge is -2.10. The summed E-state index contributed by atoms with van der Waals surface area (Å²) >= 11 is 13.7. The maximum Gasteiger partial charge on any atom is 0.352 e. The summed E-state index contributed by atoms with van der Waals surface area (Å²) in [6.45, 7) is 0.399. The molecule has 26 heavy (non-hydrogen) atoms. The second-order valence-corrected chi connectivity index (χ2v) is 7.65. The van der Waals surface area contributed by atoms with Gasteiger partial charge in [-0.3, -0.25) is 0 Å². The summed E-state index contributed by atoms with van der Waals surface area (Å²) in [5, 5.41) is 13.6. The molecule has 0 amide bonds. The lowest BCUT2D eigenvalue weighted by Crippen LogP contribution is -2.09. The number of thiophene rings is 1. The predicted molar refractivity (Wildman–Crippen MR) is 108 cm³/mol. The Bertz CT molecular complexity index is 1120. The molecule has 0 aliphatic rings. The van der Waals surface area contributed by atoms with Gasteiger partial charge in [0.1, 0.15) is 5.69 Å². The molecule has 0 fully saturated rings. The fourth-order valence-corrected chi connectivity index (χ4v) is 4.19. The number of hydrogen-bond acceptors (Lipinski definition) is 2. The lowest BCUT2D eigenvalue weighted by atomic mass is 10.1. The highest BCUT2D eigenvalue weighted by Crippen LogP contribution is 2.34. The number of fused-ring (bicyclic) bond motifs is 1. The van der Waals surface area contributed by atoms with Gasteiger partial charge in [0, 0.05) is 27.9 Å². The first kappa shape index (κ1) is 17.2. The monoisotopic (exact) mass is 401 g/mol. The Morgan fingerprint density at radius 1 is 1.04 bits per heavy atom. The van der Waals surface area contributed by atoms with Crippen molar-refractivity contribution in [1.29, 1.82) is 0 Å². The number of carbonyl (C=O) groups is 1. The van der Waals surface area contributed by atoms with Crippen LogP contribution < -0.4 is 0 Å². The third kappa shape index (κ3) is 3.01. The molecule has 0 aliphatic heterocycles. The summed E-state index contributed by atoms with van der Waals surface area (Å²) in [4.78, 5) is 12.9. The minimum absolute atomic E-state index is 0.245. The van der Waals surface area contributed by atoms with Crippen LogP contribution in [0.3, 0.4) is 0 Å². The van der Waals surface area contributed by atoms with E-state index >= 15 is 0 Å². The summed E-state index contributed by atoms with van der Waals surface area (Å²) in [5.74, 6) is -0.960. The Morgan fingerprint density at radius 2 is 1.88 bits per heavy atom. The third-order valence-electron chi connectivity index (χ3n) is 4.28. The van der Waals surface area contributed by atoms with Gasteiger partial charge in [0.05, 0.1) is 10.0 Å². The fourth-order valence-electron chi connectivity index (χ4n) is 3.10. The number of nitrogens with zero attached hydrogens (tertiary/aromatic N) is 1. The fraction of sp³-hybridized carbons (Fsp3) is 0.0500. The number of aromatic carboxylic acids is 1. The van der Waals surface area contributed by atoms with Gasteiger partial charge in [0.2, 0.25) is 0 Å². The molecule has 0 saturated carbocycles. The molecule has 0 saturated heterocycles. The molecule has 130 valence electrons. The number of benzene rings is 2. The Labute approximate surface area is 164 Å². The van der Waals surface area contributed by atoms with E-state index in [-0.39, 0.29) is 5.69 Å². The SMILES string of the molecule is O=C(O)c1cc2c(-c3cccs3)cccc2n1Cc1ccc(Cl)c(Cl)c1. The second-order valence-electron chi connectivity index (χ2n) is 5.89. The molecular formula is C20H13Cl2NO2S. The van der Waals surface area contributed by atoms with Crippen molar-refractivity contribution in [3.63, 3.8) is 0 Å². The van der Waals surface area contributed by atoms with E-state index in [1.165, 1.54) is 0 Å². The van der Waals surface area contributed by atoms with Crippen molar-refractivity contribution >= 4 is 51.4 Å². The molecule has 0 aliphatic carbocycles. The first-order valence-corrected chi connectivity index (χ1v) is 9.51. The molecule has 0 spiro atoms. The summed E-state index contributed by atoms with van der Waals surface area (Å²) in [7, 11) is 0. The zero-order valence-electron chi connectivity index (χ0n) is 13.4. The number of halogens is 2. The number of hydrogen-bond donors (Lipinski definition) is 1. The van der Waals surface area contributed by atoms with Crippen LogP contribution in [0.25, 0.3) is 21.3 Å². The highest BCUT2D eigenvalue weighted by molar-refractivity contribution is 7.13. The van der Waals surface area contributed by atoms with Crippen molar-refractivity contribution < 1.29 is 9.90 Å². The molecule has 2 heterocycles. The van der Waals surface area contributed by atoms with E-state index in [4.69, 9.17) is 23.2 Å². The molecule has 1 N–H and O–H groups in total. The maximum atomic E-state index is 11.8. The van der Waals surface area contributed by atoms with Gasteiger partial charge >= 0.3 is 5.97 Å². The van der Waals surface area contributed by atoms with Crippen LogP contribution in [0.4, 0.5) is 0 Å². The number of carboxylic acids is 1. The van der Waals surface area contributed by atoms with Gasteiger partial charge in [-0.2, -0.15) is 0 Å². The van der Waals surface area contributed by atoms with Gasteiger partial charge < -0.3 is 9.67 Å². The van der Waals surface area contributed by atoms with Crippen molar-refractivity contribution in [2.45, 2.75) is 6.54 Å². The average molecular weight is 402 g/mol. The smallest absolute Gasteiger partial charge is 0.352 e. The van der Waals surface area contributed by atoms with E-state index < -0.39 is 5.97 Å². The topological polar surface area (TPSA) is 42.2 Å². The molecule has 0 unspecified atom stereocenters. The molecule has 3 nitrogen and oxygen atoms in total. The van der Waals surface area contributed by atoms with E-state index in [9.17, 15) is 9.90 Å². The van der Waals surface area contributed by atoms with Gasteiger partial charge in [-0.15, -0.1) is 11.3 Å². The zero-order valence-corrected chi connectivity index (χ0v) is 15.8. The minimum atomic E-state index is -0.960. The summed E-state index contributed by atoms with van der Waals surface area (Å²) in [6, 6.07) is 17.0. The van der Waals surface area contributed by atoms with Gasteiger partial charge in [-0.1, -0.05) is 47.5 Å². The Balaban J connectivity index is 1.90. The highest BCUT2D eigenvalue weighted by Gasteiger charge is 2.18. The van der Waals surface area contributed by atoms with E-state index in [2.05, 4.69) is 0 Å². The molecule has 4 rings (SSSR count). The van der Waals surface area contributed by atoms with Gasteiger partial charge in [-0.25, -0.2) is 4.79 Å². The van der Waals surface area contributed by atoms with Crippen LogP contribution in [0.1, 0.15) is 16.1 Å². The van der Waals surface area contributed by atoms with Crippen LogP contribution >= 0.6 is 34.5 Å². The second kappa shape index (κ2) is 6.80. The summed E-state index contributed by atoms with van der Waals surface area (Å²) in [6.07, 6.45) is 0. The minimum Gasteiger partial charge on any atom is -0.477 e. The van der Waals surface area contributed by atoms with Gasteiger partial charge in [0.25, 0.3) is 0 Å². The van der Waals surface area contributed by atoms with Gasteiger partial charge in [-0.05, 0) is 41.3 Å². The van der Waals surface area contributed by atoms with E-state index in [0.717, 1.165) is 26.9 Å². The Kier molecular flexibility index (Phi) is 4.49. The van der Waals surface area contributed by atoms with Crippen LogP contribution in [-0.2, 0) is 6.54 Å². The van der Waals surface area contributed by atoms with Crippen molar-refractivity contribution in [2.24, 2.45) is 0 Å². The summed E-state index contributed by atoms with van der Waals surface area (Å²) in [5.41, 5.74) is 3.04. The average Bonchev–Trinajstić information content (AvgIpc) is 3.26. The molecule has 2 aromatic heterocycles. The third-order valence-corrected chi connectivity index (χ3v) is 5.92. The first-order valence-electron chi connectivity index (χ1n) is 7.88. The molecule has 0 radical (unpaired) electrons. The predicted octanol–water partition coefficient (Wildman–Crippen LogP) is 6.42. The number of aromatic nitrogens is 1. The quantitative estimate of drug-likeness (QED) is 0.428. The van der Waals surface area contributed by atoms with Gasteiger partial charge in [0.15, 0.2) is 0 Å². The first-order chi connectivity index (χ1) is 12.5. The van der Waals surface area contributed by atoms with E-state index in [1.807, 2.05) is 41.8 Å². The van der Waals surface area contributed by atoms with Crippen molar-refractivity contribution in [3.8, 4) is 10.4 Å². The van der Waals surface area contributed by atoms with Crippen molar-refractivity contribution in [1.82, 2.24) is 4.57 Å². The molecule has 2 aromatic carbocycles. The van der Waals surface area contributed by atoms with E-state index in [0.29, 0.717) is 16.6 Å². The molecular weight excluding hydrogens is 389 g/mol. The van der Waals surface area contributed by atoms with Crippen molar-refractivity contribution in [3.05, 3.63) is 81.3 Å². The Morgan fingerprint density at radius 3 is 2.58 bits per heavy atom. The standard InChI is InChI=1S/C20H13Cl2NO2S/c21-15-7-6-12(9-16(15)22)11-23-17-4-1-3-13(19-5-2-8-26-19)14(17)10-18(23)20(24)25/h1-10H,11H2,(H,24,25). The van der Waals surface area contributed by atoms with Crippen LogP contribution in [0.15, 0.2) is 60.0 Å². The zero-order chi connectivity index (χ0) is 18.3. The molecule has 6 heteroatoms. The van der Waals surface area contributed by atoms with E-state index in [1.54, 1.807) is 34.1 Å². The number of rotatable bonds is 4. The van der Waals surface area contributed by atoms with Crippen LogP contribution in [0.5, 0.6) is 0 Å². The molecule has 0 atom stereocenters. The molecule has 0 bridgehead atoms. The van der Waals surface area contributed by atoms with Crippen LogP contribution in [-0.4, -0.2) is 15.6 Å². The Hall–Kier alpha value is -2.27. The lowest BCUT2D eigenvalue weighted by molar-refractivity contribution is 0.0686. The highest BCUT2D eigenvalue weighted by atomic mass is 35.5. The van der Waals surface area contributed by atoms with Crippen molar-refractivity contribution in [2.75, 3.05) is 0 Å². The van der Waals surface area contributed by atoms with Crippen LogP contribution in [0, 0.1) is 0 Å². The van der Waals surface area contributed by atoms with Crippen LogP contribution in [0.2, 0.25) is 10.0 Å². The maximum absolute atomic E-state index is 11.8. The molecule has 4 aromatic rings.